The van der Waals surface area contributed by atoms with E-state index in [-0.39, 0.29) is 32.2 Å². The molecule has 0 aromatic rings. The molecule has 0 aliphatic heterocycles. The van der Waals surface area contributed by atoms with Crippen LogP contribution in [-0.4, -0.2) is 87.4 Å². The fraction of sp³-hybridized carbons (Fsp3) is 0.633. The van der Waals surface area contributed by atoms with Crippen molar-refractivity contribution in [2.45, 2.75) is 322 Å². The van der Waals surface area contributed by atoms with Crippen LogP contribution in [0.5, 0.6) is 0 Å². The number of esters is 2. The van der Waals surface area contributed by atoms with E-state index in [1.165, 1.54) is 135 Å². The van der Waals surface area contributed by atoms with Crippen LogP contribution < -0.4 is 0 Å². The minimum absolute atomic E-state index is 0.178. The van der Waals surface area contributed by atoms with E-state index in [9.17, 15) is 19.5 Å². The highest BCUT2D eigenvalue weighted by Crippen LogP contribution is 2.17. The Morgan fingerprint density at radius 1 is 0.303 bits per heavy atom. The summed E-state index contributed by atoms with van der Waals surface area (Å²) in [6, 6.07) is 0. The minimum Gasteiger partial charge on any atom is -0.477 e. The van der Waals surface area contributed by atoms with Gasteiger partial charge in [0.2, 0.25) is 0 Å². The van der Waals surface area contributed by atoms with Crippen LogP contribution in [0.2, 0.25) is 0 Å². The van der Waals surface area contributed by atoms with Crippen molar-refractivity contribution in [1.82, 2.24) is 0 Å². The van der Waals surface area contributed by atoms with Gasteiger partial charge in [-0.3, -0.25) is 9.59 Å². The fourth-order valence-corrected chi connectivity index (χ4v) is 10.7. The molecule has 0 saturated heterocycles. The molecule has 0 radical (unpaired) electrons. The number of quaternary nitrogens is 1. The van der Waals surface area contributed by atoms with Gasteiger partial charge in [0.05, 0.1) is 34.4 Å². The Morgan fingerprint density at radius 3 is 0.808 bits per heavy atom. The van der Waals surface area contributed by atoms with Gasteiger partial charge in [0, 0.05) is 12.8 Å². The first-order valence-corrected chi connectivity index (χ1v) is 39.9. The molecule has 0 aromatic heterocycles. The number of allylic oxidation sites excluding steroid dienone is 30. The predicted molar refractivity (Wildman–Crippen MR) is 428 cm³/mol. The lowest BCUT2D eigenvalue weighted by Gasteiger charge is -2.25. The third-order valence-corrected chi connectivity index (χ3v) is 16.7. The van der Waals surface area contributed by atoms with Crippen LogP contribution in [0.4, 0.5) is 0 Å². The third kappa shape index (κ3) is 79.6. The van der Waals surface area contributed by atoms with E-state index in [1.807, 2.05) is 21.1 Å². The van der Waals surface area contributed by atoms with E-state index in [2.05, 4.69) is 196 Å². The summed E-state index contributed by atoms with van der Waals surface area (Å²) < 4.78 is 23.0. The number of unbranched alkanes of at least 4 members (excludes halogenated alkanes) is 27. The molecule has 99 heavy (non-hydrogen) atoms. The molecule has 0 spiro atoms. The molecule has 2 atom stereocenters. The van der Waals surface area contributed by atoms with E-state index in [0.29, 0.717) is 23.9 Å². The van der Waals surface area contributed by atoms with Crippen LogP contribution in [0.25, 0.3) is 0 Å². The van der Waals surface area contributed by atoms with E-state index >= 15 is 0 Å². The number of aliphatic carboxylic acids is 1. The van der Waals surface area contributed by atoms with Gasteiger partial charge in [-0.2, -0.15) is 0 Å². The smallest absolute Gasteiger partial charge is 0.361 e. The van der Waals surface area contributed by atoms with Gasteiger partial charge in [0.25, 0.3) is 6.29 Å². The lowest BCUT2D eigenvalue weighted by Crippen LogP contribution is -2.40. The van der Waals surface area contributed by atoms with Gasteiger partial charge in [-0.1, -0.05) is 344 Å². The fourth-order valence-electron chi connectivity index (χ4n) is 10.7. The largest absolute Gasteiger partial charge is 0.477 e. The highest BCUT2D eigenvalue weighted by atomic mass is 16.7. The Hall–Kier alpha value is -5.61. The van der Waals surface area contributed by atoms with Crippen molar-refractivity contribution in [2.24, 2.45) is 0 Å². The second kappa shape index (κ2) is 78.1. The molecule has 0 saturated carbocycles. The summed E-state index contributed by atoms with van der Waals surface area (Å²) in [4.78, 5) is 37.8. The van der Waals surface area contributed by atoms with Crippen molar-refractivity contribution in [3.8, 4) is 0 Å². The highest BCUT2D eigenvalue weighted by Gasteiger charge is 2.25. The Labute approximate surface area is 609 Å². The number of rotatable bonds is 72. The summed E-state index contributed by atoms with van der Waals surface area (Å²) >= 11 is 0. The molecule has 0 heterocycles. The van der Waals surface area contributed by atoms with E-state index in [1.54, 1.807) is 0 Å². The molecule has 0 amide bonds. The number of carboxylic acids is 1. The van der Waals surface area contributed by atoms with E-state index in [0.717, 1.165) is 141 Å². The summed E-state index contributed by atoms with van der Waals surface area (Å²) in [5, 5.41) is 9.78. The van der Waals surface area contributed by atoms with Crippen LogP contribution in [0.3, 0.4) is 0 Å². The van der Waals surface area contributed by atoms with Gasteiger partial charge in [0.15, 0.2) is 6.10 Å². The average molecular weight is 1370 g/mol. The van der Waals surface area contributed by atoms with Crippen molar-refractivity contribution < 1.29 is 42.9 Å². The van der Waals surface area contributed by atoms with Gasteiger partial charge in [-0.05, 0) is 135 Å². The van der Waals surface area contributed by atoms with Crippen LogP contribution in [0.15, 0.2) is 182 Å². The number of likely N-dealkylation sites (N-methyl/N-ethyl adjacent to an activating group) is 1. The molecule has 0 bridgehead atoms. The zero-order chi connectivity index (χ0) is 71.8. The number of carboxylic acid groups (broad SMARTS) is 1. The van der Waals surface area contributed by atoms with Crippen LogP contribution >= 0.6 is 0 Å². The Bertz CT molecular complexity index is 2290. The quantitative estimate of drug-likeness (QED) is 0.0211. The molecule has 0 aromatic carbocycles. The topological polar surface area (TPSA) is 108 Å². The normalized spacial score (nSPS) is 13.7. The average Bonchev–Trinajstić information content (AvgIpc) is 1.16. The predicted octanol–water partition coefficient (Wildman–Crippen LogP) is 25.9. The molecule has 0 aliphatic carbocycles. The van der Waals surface area contributed by atoms with Crippen LogP contribution in [-0.2, 0) is 33.3 Å². The summed E-state index contributed by atoms with van der Waals surface area (Å²) in [6.07, 6.45) is 116. The molecule has 0 rings (SSSR count). The number of nitrogens with zero attached hydrogens (tertiary/aromatic N) is 1. The van der Waals surface area contributed by atoms with Gasteiger partial charge in [-0.25, -0.2) is 4.79 Å². The van der Waals surface area contributed by atoms with Crippen molar-refractivity contribution in [3.63, 3.8) is 0 Å². The van der Waals surface area contributed by atoms with Gasteiger partial charge >= 0.3 is 17.9 Å². The number of carbonyl (C=O) groups excluding carboxylic acids is 2. The first-order valence-electron chi connectivity index (χ1n) is 39.9. The zero-order valence-electron chi connectivity index (χ0n) is 64.1. The number of hydrogen-bond donors (Lipinski definition) is 1. The maximum absolute atomic E-state index is 13.0. The molecule has 9 heteroatoms. The Balaban J connectivity index is 4.10. The first kappa shape index (κ1) is 93.4. The number of carbonyl (C=O) groups is 3. The third-order valence-electron chi connectivity index (χ3n) is 16.7. The molecule has 2 unspecified atom stereocenters. The van der Waals surface area contributed by atoms with Crippen LogP contribution in [0, 0.1) is 0 Å². The zero-order valence-corrected chi connectivity index (χ0v) is 64.1. The van der Waals surface area contributed by atoms with Crippen molar-refractivity contribution in [1.29, 1.82) is 0 Å². The second-order valence-electron chi connectivity index (χ2n) is 27.3. The lowest BCUT2D eigenvalue weighted by molar-refractivity contribution is -0.870. The maximum atomic E-state index is 13.0. The molecule has 560 valence electrons. The summed E-state index contributed by atoms with van der Waals surface area (Å²) in [5.74, 6) is -2.02. The SMILES string of the molecule is CC/C=C\C/C=C\C/C=C\C/C=C\C/C=C\C/C=C\C/C=C\C/C=C\C/C=C\CCCCCCCCCC(=O)OC(COC(=O)CCCCCCCCCCCCCCCCCCCCCC/C=C\C/C=C\C/C=C\C/C=C\C/C=C\C/C=C\CC)COC(OCC[N+](C)(C)C)C(=O)O. The standard InChI is InChI=1S/C90H147NO8/c1-6-8-10-12-14-16-18-20-22-24-26-28-30-32-34-36-38-40-42-43-44-45-47-48-50-52-54-56-58-60-62-64-66-68-70-72-74-76-78-80-87(92)97-84-86(85-98-90(89(94)95)96-83-82-91(3,4)5)99-88(93)81-79-77-75-73-71-69-67-65-63-61-59-57-55-53-51-49-46-41-39-37-35-33-31-29-27-25-23-21-19-17-15-13-11-9-7-2/h8-11,14-17,20-23,26-29,32-35,38-41,49,51,55,57,61,63,86,90H,6-7,12-13,18-19,24-25,30-31,36-37,42-48,50,52-54,56,58-60,62,64-85H2,1-5H3/p+1/b10-8-,11-9-,16-14-,17-15-,22-20-,23-21-,28-26-,29-27-,34-32-,35-33-,40-38-,41-39-,51-49-,57-55-,63-61-. The maximum Gasteiger partial charge on any atom is 0.361 e. The Morgan fingerprint density at radius 2 is 0.545 bits per heavy atom. The monoisotopic (exact) mass is 1370 g/mol. The molecule has 0 fully saturated rings. The molecule has 9 nitrogen and oxygen atoms in total. The minimum atomic E-state index is -1.52. The van der Waals surface area contributed by atoms with Gasteiger partial charge < -0.3 is 28.5 Å². The first-order chi connectivity index (χ1) is 48.6. The summed E-state index contributed by atoms with van der Waals surface area (Å²) in [7, 11) is 5.97. The van der Waals surface area contributed by atoms with E-state index in [4.69, 9.17) is 18.9 Å². The van der Waals surface area contributed by atoms with Crippen molar-refractivity contribution in [2.75, 3.05) is 47.5 Å². The highest BCUT2D eigenvalue weighted by molar-refractivity contribution is 5.71. The van der Waals surface area contributed by atoms with Gasteiger partial charge in [-0.15, -0.1) is 0 Å². The number of ether oxygens (including phenoxy) is 4. The number of hydrogen-bond acceptors (Lipinski definition) is 7. The lowest BCUT2D eigenvalue weighted by atomic mass is 10.0. The van der Waals surface area contributed by atoms with Crippen LogP contribution in [0.1, 0.15) is 309 Å². The Kier molecular flexibility index (Phi) is 73.7. The van der Waals surface area contributed by atoms with Gasteiger partial charge in [0.1, 0.15) is 13.2 Å². The molecular weight excluding hydrogens is 1220 g/mol. The van der Waals surface area contributed by atoms with E-state index < -0.39 is 24.3 Å². The summed E-state index contributed by atoms with van der Waals surface area (Å²) in [5.41, 5.74) is 0. The molecular formula is C90H148NO8+. The van der Waals surface area contributed by atoms with Crippen molar-refractivity contribution in [3.05, 3.63) is 182 Å². The second-order valence-corrected chi connectivity index (χ2v) is 27.3. The molecule has 0 aliphatic rings. The summed E-state index contributed by atoms with van der Waals surface area (Å²) in [6.45, 7) is 4.64. The van der Waals surface area contributed by atoms with Crippen molar-refractivity contribution >= 4 is 17.9 Å². The molecule has 1 N–H and O–H groups in total.